The average Bonchev–Trinajstić information content (AvgIpc) is 3.28. The number of hydrogen-bond donors (Lipinski definition) is 0. The minimum Gasteiger partial charge on any atom is -0.332 e. The molecule has 0 bridgehead atoms. The maximum atomic E-state index is 13.3. The van der Waals surface area contributed by atoms with Crippen LogP contribution in [0.3, 0.4) is 0 Å². The fourth-order valence-electron chi connectivity index (χ4n) is 4.12. The van der Waals surface area contributed by atoms with Crippen LogP contribution in [0.15, 0.2) is 54.6 Å². The monoisotopic (exact) mass is 373 g/mol. The maximum absolute atomic E-state index is 13.3. The second-order valence-electron chi connectivity index (χ2n) is 7.85. The first-order chi connectivity index (χ1) is 13.5. The van der Waals surface area contributed by atoms with Crippen LogP contribution in [0.25, 0.3) is 0 Å². The van der Waals surface area contributed by atoms with Gasteiger partial charge in [-0.05, 0) is 62.9 Å². The summed E-state index contributed by atoms with van der Waals surface area (Å²) in [7, 11) is 0. The van der Waals surface area contributed by atoms with Crippen LogP contribution in [0.4, 0.5) is 0 Å². The molecule has 1 saturated heterocycles. The topological polar surface area (TPSA) is 38.1 Å². The van der Waals surface area contributed by atoms with E-state index in [0.717, 1.165) is 41.9 Å². The van der Waals surface area contributed by atoms with E-state index in [1.54, 1.807) is 0 Å². The van der Waals surface area contributed by atoms with Gasteiger partial charge in [0.25, 0.3) is 5.91 Å². The Morgan fingerprint density at radius 2 is 1.86 bits per heavy atom. The molecule has 1 aliphatic heterocycles. The Bertz CT molecular complexity index is 987. The minimum absolute atomic E-state index is 0.123. The summed E-state index contributed by atoms with van der Waals surface area (Å²) in [5.74, 6) is 0.123. The molecule has 1 aliphatic rings. The van der Waals surface area contributed by atoms with Crippen LogP contribution in [0, 0.1) is 20.8 Å². The van der Waals surface area contributed by atoms with Crippen molar-refractivity contribution < 1.29 is 4.79 Å². The molecule has 0 spiro atoms. The number of benzene rings is 2. The van der Waals surface area contributed by atoms with Gasteiger partial charge in [-0.1, -0.05) is 42.0 Å². The zero-order valence-corrected chi connectivity index (χ0v) is 16.9. The molecule has 0 saturated carbocycles. The summed E-state index contributed by atoms with van der Waals surface area (Å²) in [6, 6.07) is 18.8. The molecule has 0 radical (unpaired) electrons. The molecule has 1 amide bonds. The van der Waals surface area contributed by atoms with Crippen LogP contribution in [-0.4, -0.2) is 27.1 Å². The Labute approximate surface area is 166 Å². The molecule has 4 nitrogen and oxygen atoms in total. The van der Waals surface area contributed by atoms with Crippen LogP contribution < -0.4 is 0 Å². The van der Waals surface area contributed by atoms with Crippen molar-refractivity contribution in [3.63, 3.8) is 0 Å². The number of hydrogen-bond acceptors (Lipinski definition) is 2. The van der Waals surface area contributed by atoms with Gasteiger partial charge in [-0.3, -0.25) is 9.48 Å². The van der Waals surface area contributed by atoms with Crippen LogP contribution in [0.2, 0.25) is 0 Å². The van der Waals surface area contributed by atoms with E-state index in [1.807, 2.05) is 34.7 Å². The lowest BCUT2D eigenvalue weighted by molar-refractivity contribution is 0.0735. The van der Waals surface area contributed by atoms with Crippen molar-refractivity contribution in [2.24, 2.45) is 0 Å². The van der Waals surface area contributed by atoms with E-state index in [4.69, 9.17) is 0 Å². The van der Waals surface area contributed by atoms with Crippen LogP contribution in [0.5, 0.6) is 0 Å². The van der Waals surface area contributed by atoms with Crippen molar-refractivity contribution in [1.29, 1.82) is 0 Å². The van der Waals surface area contributed by atoms with Crippen LogP contribution in [-0.2, 0) is 6.54 Å². The third-order valence-corrected chi connectivity index (χ3v) is 5.59. The number of aromatic nitrogens is 2. The van der Waals surface area contributed by atoms with Gasteiger partial charge in [0.1, 0.15) is 0 Å². The first-order valence-corrected chi connectivity index (χ1v) is 9.99. The molecule has 1 atom stereocenters. The number of carbonyl (C=O) groups excluding carboxylic acids is 1. The quantitative estimate of drug-likeness (QED) is 0.657. The first kappa shape index (κ1) is 18.5. The third-order valence-electron chi connectivity index (χ3n) is 5.59. The molecule has 1 fully saturated rings. The van der Waals surface area contributed by atoms with Gasteiger partial charge in [0, 0.05) is 17.8 Å². The van der Waals surface area contributed by atoms with Gasteiger partial charge in [-0.25, -0.2) is 0 Å². The summed E-state index contributed by atoms with van der Waals surface area (Å²) < 4.78 is 1.99. The standard InChI is InChI=1S/C24H27N3O/c1-17-9-11-21(12-10-17)23-8-5-13-26(23)24(28)22-7-4-6-20(15-22)16-27-19(3)14-18(2)25-27/h4,6-7,9-12,14-15,23H,5,8,13,16H2,1-3H3. The zero-order valence-electron chi connectivity index (χ0n) is 16.9. The van der Waals surface area contributed by atoms with E-state index >= 15 is 0 Å². The Kier molecular flexibility index (Phi) is 5.03. The highest BCUT2D eigenvalue weighted by Crippen LogP contribution is 2.33. The zero-order chi connectivity index (χ0) is 19.7. The van der Waals surface area contributed by atoms with Gasteiger partial charge >= 0.3 is 0 Å². The predicted octanol–water partition coefficient (Wildman–Crippen LogP) is 4.83. The number of likely N-dealkylation sites (tertiary alicyclic amines) is 1. The highest BCUT2D eigenvalue weighted by atomic mass is 16.2. The lowest BCUT2D eigenvalue weighted by Gasteiger charge is -2.25. The number of nitrogens with zero attached hydrogens (tertiary/aromatic N) is 3. The number of carbonyl (C=O) groups is 1. The number of rotatable bonds is 4. The highest BCUT2D eigenvalue weighted by Gasteiger charge is 2.30. The molecule has 144 valence electrons. The molecule has 1 aromatic heterocycles. The molecule has 2 heterocycles. The van der Waals surface area contributed by atoms with Crippen molar-refractivity contribution in [3.8, 4) is 0 Å². The van der Waals surface area contributed by atoms with E-state index in [9.17, 15) is 4.79 Å². The lowest BCUT2D eigenvalue weighted by Crippen LogP contribution is -2.30. The van der Waals surface area contributed by atoms with Gasteiger partial charge in [-0.15, -0.1) is 0 Å². The summed E-state index contributed by atoms with van der Waals surface area (Å²) in [6.07, 6.45) is 2.08. The molecule has 0 aliphatic carbocycles. The van der Waals surface area contributed by atoms with Gasteiger partial charge in [-0.2, -0.15) is 5.10 Å². The lowest BCUT2D eigenvalue weighted by atomic mass is 10.0. The second kappa shape index (κ2) is 7.63. The van der Waals surface area contributed by atoms with E-state index in [2.05, 4.69) is 55.3 Å². The summed E-state index contributed by atoms with van der Waals surface area (Å²) >= 11 is 0. The largest absolute Gasteiger partial charge is 0.332 e. The number of aryl methyl sites for hydroxylation is 3. The van der Waals surface area contributed by atoms with Crippen molar-refractivity contribution in [1.82, 2.24) is 14.7 Å². The molecule has 0 N–H and O–H groups in total. The van der Waals surface area contributed by atoms with E-state index < -0.39 is 0 Å². The molecule has 4 heteroatoms. The van der Waals surface area contributed by atoms with Crippen molar-refractivity contribution in [3.05, 3.63) is 88.2 Å². The van der Waals surface area contributed by atoms with E-state index in [1.165, 1.54) is 11.1 Å². The Hall–Kier alpha value is -2.88. The van der Waals surface area contributed by atoms with Crippen molar-refractivity contribution in [2.45, 2.75) is 46.2 Å². The third kappa shape index (κ3) is 3.72. The molecule has 3 aromatic rings. The van der Waals surface area contributed by atoms with Gasteiger partial charge in [0.15, 0.2) is 0 Å². The summed E-state index contributed by atoms with van der Waals surface area (Å²) in [4.78, 5) is 15.3. The first-order valence-electron chi connectivity index (χ1n) is 9.99. The van der Waals surface area contributed by atoms with Gasteiger partial charge in [0.05, 0.1) is 18.3 Å². The molecular weight excluding hydrogens is 346 g/mol. The fourth-order valence-corrected chi connectivity index (χ4v) is 4.12. The molecular formula is C24H27N3O. The van der Waals surface area contributed by atoms with E-state index in [-0.39, 0.29) is 11.9 Å². The normalized spacial score (nSPS) is 16.5. The summed E-state index contributed by atoms with van der Waals surface area (Å²) in [5, 5.41) is 4.54. The average molecular weight is 374 g/mol. The smallest absolute Gasteiger partial charge is 0.254 e. The Morgan fingerprint density at radius 1 is 1.07 bits per heavy atom. The maximum Gasteiger partial charge on any atom is 0.254 e. The molecule has 4 rings (SSSR count). The summed E-state index contributed by atoms with van der Waals surface area (Å²) in [6.45, 7) is 7.66. The number of amides is 1. The van der Waals surface area contributed by atoms with Crippen LogP contribution in [0.1, 0.15) is 57.3 Å². The summed E-state index contributed by atoms with van der Waals surface area (Å²) in [5.41, 5.74) is 6.49. The van der Waals surface area contributed by atoms with Gasteiger partial charge < -0.3 is 4.90 Å². The van der Waals surface area contributed by atoms with Crippen LogP contribution >= 0.6 is 0 Å². The molecule has 2 aromatic carbocycles. The van der Waals surface area contributed by atoms with Crippen molar-refractivity contribution >= 4 is 5.91 Å². The Morgan fingerprint density at radius 3 is 2.57 bits per heavy atom. The van der Waals surface area contributed by atoms with E-state index in [0.29, 0.717) is 6.54 Å². The van der Waals surface area contributed by atoms with Gasteiger partial charge in [0.2, 0.25) is 0 Å². The predicted molar refractivity (Wildman–Crippen MR) is 111 cm³/mol. The second-order valence-corrected chi connectivity index (χ2v) is 7.85. The van der Waals surface area contributed by atoms with Crippen molar-refractivity contribution in [2.75, 3.05) is 6.54 Å². The molecule has 1 unspecified atom stereocenters. The minimum atomic E-state index is 0.123. The SMILES string of the molecule is Cc1ccc(C2CCCN2C(=O)c2cccc(Cn3nc(C)cc3C)c2)cc1. The highest BCUT2D eigenvalue weighted by molar-refractivity contribution is 5.94. The fraction of sp³-hybridized carbons (Fsp3) is 0.333. The Balaban J connectivity index is 1.55. The molecule has 28 heavy (non-hydrogen) atoms.